The van der Waals surface area contributed by atoms with Gasteiger partial charge in [-0.25, -0.2) is 0 Å². The van der Waals surface area contributed by atoms with Crippen molar-refractivity contribution in [3.05, 3.63) is 83.1 Å². The molecule has 1 aliphatic carbocycles. The van der Waals surface area contributed by atoms with Gasteiger partial charge in [-0.15, -0.1) is 0 Å². The van der Waals surface area contributed by atoms with Gasteiger partial charge < -0.3 is 5.73 Å². The fourth-order valence-corrected chi connectivity index (χ4v) is 4.18. The lowest BCUT2D eigenvalue weighted by molar-refractivity contribution is 0.256. The minimum absolute atomic E-state index is 0.102. The molecule has 0 amide bonds. The van der Waals surface area contributed by atoms with E-state index in [0.29, 0.717) is 11.1 Å². The van der Waals surface area contributed by atoms with Gasteiger partial charge in [-0.3, -0.25) is 0 Å². The second kappa shape index (κ2) is 7.21. The van der Waals surface area contributed by atoms with Crippen LogP contribution in [0.25, 0.3) is 0 Å². The van der Waals surface area contributed by atoms with Gasteiger partial charge in [-0.2, -0.15) is 26.3 Å². The van der Waals surface area contributed by atoms with Crippen LogP contribution in [0.1, 0.15) is 23.0 Å². The van der Waals surface area contributed by atoms with Gasteiger partial charge in [0.1, 0.15) is 0 Å². The molecule has 0 aromatic heterocycles. The summed E-state index contributed by atoms with van der Waals surface area (Å²) in [4.78, 5) is 0. The van der Waals surface area contributed by atoms with E-state index in [-0.39, 0.29) is 11.3 Å². The molecule has 2 atom stereocenters. The summed E-state index contributed by atoms with van der Waals surface area (Å²) in [7, 11) is 0. The van der Waals surface area contributed by atoms with Crippen molar-refractivity contribution in [2.75, 3.05) is 0 Å². The van der Waals surface area contributed by atoms with Gasteiger partial charge in [0, 0.05) is 0 Å². The Kier molecular flexibility index (Phi) is 4.77. The third-order valence-electron chi connectivity index (χ3n) is 5.46. The smallest absolute Gasteiger partial charge is 0.192 e. The maximum atomic E-state index is 10.3. The van der Waals surface area contributed by atoms with Gasteiger partial charge in [0.25, 0.3) is 0 Å². The van der Waals surface area contributed by atoms with Crippen molar-refractivity contribution in [3.63, 3.8) is 0 Å². The number of nitrogens with zero attached hydrogens (tertiary/aromatic N) is 5. The Bertz CT molecular complexity index is 1150. The Morgan fingerprint density at radius 2 is 1.17 bits per heavy atom. The number of allylic oxidation sites excluding steroid dienone is 2. The zero-order valence-electron chi connectivity index (χ0n) is 15.2. The van der Waals surface area contributed by atoms with E-state index in [2.05, 4.69) is 12.1 Å². The lowest BCUT2D eigenvalue weighted by Gasteiger charge is -2.46. The topological polar surface area (TPSA) is 145 Å². The third-order valence-corrected chi connectivity index (χ3v) is 5.46. The molecule has 2 N–H and O–H groups in total. The van der Waals surface area contributed by atoms with Crippen LogP contribution in [0.3, 0.4) is 0 Å². The van der Waals surface area contributed by atoms with Gasteiger partial charge in [0.15, 0.2) is 10.8 Å². The van der Waals surface area contributed by atoms with Crippen LogP contribution in [0.5, 0.6) is 0 Å². The molecular weight excluding hydrogens is 360 g/mol. The number of hydrogen-bond donors (Lipinski definition) is 1. The quantitative estimate of drug-likeness (QED) is 0.853. The van der Waals surface area contributed by atoms with E-state index in [1.165, 1.54) is 0 Å². The van der Waals surface area contributed by atoms with E-state index >= 15 is 0 Å². The number of hydrogen-bond acceptors (Lipinski definition) is 6. The van der Waals surface area contributed by atoms with Crippen molar-refractivity contribution in [1.29, 1.82) is 26.3 Å². The summed E-state index contributed by atoms with van der Waals surface area (Å²) in [5.41, 5.74) is 3.01. The van der Waals surface area contributed by atoms with Crippen molar-refractivity contribution < 1.29 is 0 Å². The van der Waals surface area contributed by atoms with E-state index in [0.717, 1.165) is 0 Å². The fraction of sp³-hybridized carbons (Fsp3) is 0.174. The predicted molar refractivity (Wildman–Crippen MR) is 103 cm³/mol. The van der Waals surface area contributed by atoms with E-state index < -0.39 is 22.7 Å². The molecule has 1 aliphatic rings. The maximum absolute atomic E-state index is 10.3. The summed E-state index contributed by atoms with van der Waals surface area (Å²) in [5.74, 6) is -2.19. The summed E-state index contributed by atoms with van der Waals surface area (Å²) in [5, 5.41) is 50.4. The molecule has 0 fully saturated rings. The highest BCUT2D eigenvalue weighted by Crippen LogP contribution is 2.62. The van der Waals surface area contributed by atoms with E-state index in [9.17, 15) is 26.3 Å². The highest BCUT2D eigenvalue weighted by Gasteiger charge is 2.64. The first-order valence-corrected chi connectivity index (χ1v) is 8.71. The van der Waals surface area contributed by atoms with Crippen LogP contribution in [-0.4, -0.2) is 0 Å². The number of nitriles is 5. The molecule has 0 heterocycles. The SMILES string of the molecule is N#CC1=C(N)C(C#N)(C#N)[C@H](c2ccccc2)C(C#N)(C#N)[C@H]1c1ccccc1. The molecule has 136 valence electrons. The molecule has 2 aromatic rings. The van der Waals surface area contributed by atoms with Crippen molar-refractivity contribution >= 4 is 0 Å². The lowest BCUT2D eigenvalue weighted by Crippen LogP contribution is -2.50. The molecule has 0 saturated carbocycles. The highest BCUT2D eigenvalue weighted by molar-refractivity contribution is 5.59. The number of benzene rings is 2. The molecule has 3 rings (SSSR count). The van der Waals surface area contributed by atoms with Crippen LogP contribution in [-0.2, 0) is 0 Å². The summed E-state index contributed by atoms with van der Waals surface area (Å²) in [6, 6.07) is 27.1. The molecule has 0 radical (unpaired) electrons. The summed E-state index contributed by atoms with van der Waals surface area (Å²) >= 11 is 0. The van der Waals surface area contributed by atoms with Gasteiger partial charge >= 0.3 is 0 Å². The van der Waals surface area contributed by atoms with Gasteiger partial charge in [0.05, 0.1) is 53.5 Å². The first-order valence-electron chi connectivity index (χ1n) is 8.71. The summed E-state index contributed by atoms with van der Waals surface area (Å²) in [6.07, 6.45) is 0. The average Bonchev–Trinajstić information content (AvgIpc) is 2.79. The monoisotopic (exact) mass is 374 g/mol. The molecule has 0 bridgehead atoms. The first-order chi connectivity index (χ1) is 14.1. The maximum Gasteiger partial charge on any atom is 0.192 e. The van der Waals surface area contributed by atoms with Gasteiger partial charge in [-0.05, 0) is 11.1 Å². The van der Waals surface area contributed by atoms with E-state index in [1.54, 1.807) is 60.7 Å². The molecule has 0 unspecified atom stereocenters. The highest BCUT2D eigenvalue weighted by atomic mass is 14.7. The largest absolute Gasteiger partial charge is 0.399 e. The van der Waals surface area contributed by atoms with Crippen molar-refractivity contribution in [3.8, 4) is 30.3 Å². The third kappa shape index (κ3) is 2.51. The molecule has 29 heavy (non-hydrogen) atoms. The van der Waals surface area contributed by atoms with Crippen LogP contribution in [0, 0.1) is 67.5 Å². The second-order valence-corrected chi connectivity index (χ2v) is 6.75. The number of nitrogens with two attached hydrogens (primary N) is 1. The minimum Gasteiger partial charge on any atom is -0.399 e. The normalized spacial score (nSPS) is 21.5. The zero-order valence-corrected chi connectivity index (χ0v) is 15.2. The fourth-order valence-electron chi connectivity index (χ4n) is 4.18. The molecule has 0 spiro atoms. The minimum atomic E-state index is -2.04. The Labute approximate surface area is 168 Å². The van der Waals surface area contributed by atoms with Crippen molar-refractivity contribution in [2.24, 2.45) is 16.6 Å². The molecule has 6 nitrogen and oxygen atoms in total. The standard InChI is InChI=1S/C23H14N6/c24-11-18-19(16-7-3-1-4-8-16)22(12-25,13-26)20(17-9-5-2-6-10-17)23(14-27,15-28)21(18)29/h1-10,19-20H,29H2/t19-,20+/m0/s1. The van der Waals surface area contributed by atoms with Crippen LogP contribution in [0.2, 0.25) is 0 Å². The Morgan fingerprint density at radius 1 is 0.690 bits per heavy atom. The summed E-state index contributed by atoms with van der Waals surface area (Å²) < 4.78 is 0. The van der Waals surface area contributed by atoms with Crippen molar-refractivity contribution in [1.82, 2.24) is 0 Å². The molecule has 0 aliphatic heterocycles. The molecule has 0 saturated heterocycles. The Balaban J connectivity index is 2.54. The molecule has 6 heteroatoms. The molecule has 2 aromatic carbocycles. The van der Waals surface area contributed by atoms with Crippen LogP contribution >= 0.6 is 0 Å². The van der Waals surface area contributed by atoms with Crippen LogP contribution in [0.15, 0.2) is 71.9 Å². The summed E-state index contributed by atoms with van der Waals surface area (Å²) in [6.45, 7) is 0. The van der Waals surface area contributed by atoms with Gasteiger partial charge in [0.2, 0.25) is 0 Å². The predicted octanol–water partition coefficient (Wildman–Crippen LogP) is 3.37. The van der Waals surface area contributed by atoms with Crippen molar-refractivity contribution in [2.45, 2.75) is 11.8 Å². The molecular formula is C23H14N6. The van der Waals surface area contributed by atoms with Gasteiger partial charge in [-0.1, -0.05) is 60.7 Å². The number of rotatable bonds is 2. The average molecular weight is 374 g/mol. The zero-order chi connectivity index (χ0) is 21.1. The first kappa shape index (κ1) is 19.2. The van der Waals surface area contributed by atoms with E-state index in [1.807, 2.05) is 18.2 Å². The lowest BCUT2D eigenvalue weighted by atomic mass is 9.49. The Hall–Kier alpha value is -4.57. The van der Waals surface area contributed by atoms with Crippen LogP contribution in [0.4, 0.5) is 0 Å². The Morgan fingerprint density at radius 3 is 1.59 bits per heavy atom. The van der Waals surface area contributed by atoms with E-state index in [4.69, 9.17) is 5.73 Å². The second-order valence-electron chi connectivity index (χ2n) is 6.75. The van der Waals surface area contributed by atoms with Crippen LogP contribution < -0.4 is 5.73 Å².